The summed E-state index contributed by atoms with van der Waals surface area (Å²) in [7, 11) is 5.39. The lowest BCUT2D eigenvalue weighted by atomic mass is 9.79. The summed E-state index contributed by atoms with van der Waals surface area (Å²) in [4.78, 5) is 18.0. The number of fused-ring (bicyclic) bond motifs is 3. The second-order valence-corrected chi connectivity index (χ2v) is 7.30. The third kappa shape index (κ3) is 3.11. The van der Waals surface area contributed by atoms with Gasteiger partial charge in [0.25, 0.3) is 5.69 Å². The third-order valence-corrected chi connectivity index (χ3v) is 5.64. The van der Waals surface area contributed by atoms with Crippen molar-refractivity contribution in [3.05, 3.63) is 63.2 Å². The van der Waals surface area contributed by atoms with E-state index in [9.17, 15) is 10.1 Å². The van der Waals surface area contributed by atoms with Gasteiger partial charge in [-0.25, -0.2) is 0 Å². The van der Waals surface area contributed by atoms with Gasteiger partial charge in [0, 0.05) is 35.7 Å². The van der Waals surface area contributed by atoms with Gasteiger partial charge in [-0.05, 0) is 49.8 Å². The van der Waals surface area contributed by atoms with E-state index in [1.165, 1.54) is 17.7 Å². The summed E-state index contributed by atoms with van der Waals surface area (Å²) in [5.41, 5.74) is 4.00. The zero-order chi connectivity index (χ0) is 19.8. The fourth-order valence-electron chi connectivity index (χ4n) is 4.18. The van der Waals surface area contributed by atoms with E-state index >= 15 is 0 Å². The summed E-state index contributed by atoms with van der Waals surface area (Å²) in [5.74, 6) is 1.65. The zero-order valence-electron chi connectivity index (χ0n) is 16.2. The number of non-ortho nitro benzene ring substituents is 1. The van der Waals surface area contributed by atoms with E-state index in [1.807, 2.05) is 6.07 Å². The number of ether oxygens (including phenoxy) is 2. The predicted octanol–water partition coefficient (Wildman–Crippen LogP) is 3.25. The molecule has 1 fully saturated rings. The molecular formula is C21H23N3O4. The largest absolute Gasteiger partial charge is 0.493 e. The van der Waals surface area contributed by atoms with Gasteiger partial charge in [0.15, 0.2) is 11.5 Å². The Morgan fingerprint density at radius 2 is 1.82 bits per heavy atom. The molecule has 4 rings (SSSR count). The molecule has 0 aromatic heterocycles. The molecule has 0 saturated carbocycles. The quantitative estimate of drug-likeness (QED) is 0.600. The summed E-state index contributed by atoms with van der Waals surface area (Å²) in [6.07, 6.45) is 0.978. The van der Waals surface area contributed by atoms with Crippen LogP contribution in [0.3, 0.4) is 0 Å². The van der Waals surface area contributed by atoms with E-state index in [0.29, 0.717) is 11.5 Å². The molecule has 2 aromatic rings. The third-order valence-electron chi connectivity index (χ3n) is 5.64. The molecule has 2 aliphatic heterocycles. The Morgan fingerprint density at radius 1 is 1.14 bits per heavy atom. The molecule has 28 heavy (non-hydrogen) atoms. The summed E-state index contributed by atoms with van der Waals surface area (Å²) in [5, 5.41) is 11.0. The molecule has 0 aliphatic carbocycles. The van der Waals surface area contributed by atoms with Crippen LogP contribution in [0.25, 0.3) is 0 Å². The van der Waals surface area contributed by atoms with Crippen LogP contribution < -0.4 is 9.47 Å². The van der Waals surface area contributed by atoms with Gasteiger partial charge in [-0.2, -0.15) is 0 Å². The molecule has 0 radical (unpaired) electrons. The first-order valence-corrected chi connectivity index (χ1v) is 9.29. The van der Waals surface area contributed by atoms with E-state index in [4.69, 9.17) is 14.5 Å². The van der Waals surface area contributed by atoms with Gasteiger partial charge in [-0.15, -0.1) is 0 Å². The van der Waals surface area contributed by atoms with Crippen molar-refractivity contribution in [3.63, 3.8) is 0 Å². The Kier molecular flexibility index (Phi) is 4.77. The Balaban J connectivity index is 1.86. The Bertz CT molecular complexity index is 939. The Labute approximate surface area is 163 Å². The standard InChI is InChI=1S/C21H23N3O4/c1-23-9-8-18-17(12-23)15-10-19(27-2)20(28-3)11-16(15)21(22-18)13-4-6-14(7-5-13)24(25)26/h4-7,10-11,17-18H,8-9,12H2,1-3H3. The molecule has 2 unspecified atom stereocenters. The first kappa shape index (κ1) is 18.4. The number of hydrogen-bond donors (Lipinski definition) is 0. The number of likely N-dealkylation sites (N-methyl/N-ethyl adjacent to an activating group) is 1. The molecule has 0 spiro atoms. The summed E-state index contributed by atoms with van der Waals surface area (Å²) >= 11 is 0. The van der Waals surface area contributed by atoms with Gasteiger partial charge in [-0.3, -0.25) is 15.1 Å². The predicted molar refractivity (Wildman–Crippen MR) is 107 cm³/mol. The number of benzene rings is 2. The van der Waals surface area contributed by atoms with E-state index in [2.05, 4.69) is 18.0 Å². The Hall–Kier alpha value is -2.93. The number of hydrogen-bond acceptors (Lipinski definition) is 6. The lowest BCUT2D eigenvalue weighted by molar-refractivity contribution is -0.384. The maximum Gasteiger partial charge on any atom is 0.269 e. The molecule has 2 heterocycles. The van der Waals surface area contributed by atoms with Crippen molar-refractivity contribution in [1.82, 2.24) is 4.90 Å². The summed E-state index contributed by atoms with van der Waals surface area (Å²) in [6.45, 7) is 1.94. The van der Waals surface area contributed by atoms with Crippen LogP contribution in [0.4, 0.5) is 5.69 Å². The van der Waals surface area contributed by atoms with Crippen molar-refractivity contribution in [2.24, 2.45) is 4.99 Å². The lowest BCUT2D eigenvalue weighted by Gasteiger charge is -2.39. The van der Waals surface area contributed by atoms with Crippen LogP contribution in [0.2, 0.25) is 0 Å². The van der Waals surface area contributed by atoms with Crippen LogP contribution in [0, 0.1) is 10.1 Å². The SMILES string of the molecule is COc1cc2c(cc1OC)C1CN(C)CCC1N=C2c1ccc([N+](=O)[O-])cc1. The maximum atomic E-state index is 11.0. The van der Waals surface area contributed by atoms with Crippen molar-refractivity contribution in [1.29, 1.82) is 0 Å². The lowest BCUT2D eigenvalue weighted by Crippen LogP contribution is -2.41. The molecule has 2 aromatic carbocycles. The zero-order valence-corrected chi connectivity index (χ0v) is 16.2. The first-order chi connectivity index (χ1) is 13.5. The summed E-state index contributed by atoms with van der Waals surface area (Å²) in [6, 6.07) is 10.8. The molecule has 0 bridgehead atoms. The number of rotatable bonds is 4. The highest BCUT2D eigenvalue weighted by Crippen LogP contribution is 2.42. The van der Waals surface area contributed by atoms with Crippen LogP contribution in [-0.4, -0.2) is 55.9 Å². The average molecular weight is 381 g/mol. The second kappa shape index (κ2) is 7.24. The molecule has 7 nitrogen and oxygen atoms in total. The molecular weight excluding hydrogens is 358 g/mol. The molecule has 7 heteroatoms. The van der Waals surface area contributed by atoms with E-state index < -0.39 is 0 Å². The first-order valence-electron chi connectivity index (χ1n) is 9.29. The van der Waals surface area contributed by atoms with E-state index in [0.717, 1.165) is 36.3 Å². The van der Waals surface area contributed by atoms with Gasteiger partial charge < -0.3 is 14.4 Å². The number of nitro benzene ring substituents is 1. The van der Waals surface area contributed by atoms with Crippen molar-refractivity contribution < 1.29 is 14.4 Å². The van der Waals surface area contributed by atoms with Crippen LogP contribution in [0.5, 0.6) is 11.5 Å². The minimum atomic E-state index is -0.388. The van der Waals surface area contributed by atoms with Crippen molar-refractivity contribution in [2.75, 3.05) is 34.4 Å². The number of nitrogens with zero attached hydrogens (tertiary/aromatic N) is 3. The van der Waals surface area contributed by atoms with Crippen LogP contribution in [0.1, 0.15) is 29.0 Å². The van der Waals surface area contributed by atoms with E-state index in [1.54, 1.807) is 26.4 Å². The highest BCUT2D eigenvalue weighted by atomic mass is 16.6. The van der Waals surface area contributed by atoms with Crippen LogP contribution in [0.15, 0.2) is 41.4 Å². The Morgan fingerprint density at radius 3 is 2.46 bits per heavy atom. The highest BCUT2D eigenvalue weighted by Gasteiger charge is 2.36. The van der Waals surface area contributed by atoms with Crippen LogP contribution in [-0.2, 0) is 0 Å². The van der Waals surface area contributed by atoms with E-state index in [-0.39, 0.29) is 22.6 Å². The topological polar surface area (TPSA) is 77.2 Å². The number of likely N-dealkylation sites (tertiary alicyclic amines) is 1. The number of aliphatic imine (C=N–C) groups is 1. The van der Waals surface area contributed by atoms with Gasteiger partial charge in [-0.1, -0.05) is 0 Å². The second-order valence-electron chi connectivity index (χ2n) is 7.30. The van der Waals surface area contributed by atoms with Crippen LogP contribution >= 0.6 is 0 Å². The van der Waals surface area contributed by atoms with Crippen molar-refractivity contribution in [3.8, 4) is 11.5 Å². The average Bonchev–Trinajstić information content (AvgIpc) is 2.72. The minimum absolute atomic E-state index is 0.0739. The molecule has 1 saturated heterocycles. The monoisotopic (exact) mass is 381 g/mol. The smallest absolute Gasteiger partial charge is 0.269 e. The summed E-state index contributed by atoms with van der Waals surface area (Å²) < 4.78 is 11.1. The number of piperidine rings is 1. The van der Waals surface area contributed by atoms with Gasteiger partial charge in [0.2, 0.25) is 0 Å². The normalized spacial score (nSPS) is 21.3. The van der Waals surface area contributed by atoms with Crippen molar-refractivity contribution >= 4 is 11.4 Å². The number of nitro groups is 1. The number of methoxy groups -OCH3 is 2. The highest BCUT2D eigenvalue weighted by molar-refractivity contribution is 6.15. The van der Waals surface area contributed by atoms with Gasteiger partial charge in [0.05, 0.1) is 30.9 Å². The minimum Gasteiger partial charge on any atom is -0.493 e. The molecule has 2 aliphatic rings. The van der Waals surface area contributed by atoms with Gasteiger partial charge >= 0.3 is 0 Å². The molecule has 2 atom stereocenters. The fraction of sp³-hybridized carbons (Fsp3) is 0.381. The molecule has 0 amide bonds. The van der Waals surface area contributed by atoms with Gasteiger partial charge in [0.1, 0.15) is 0 Å². The molecule has 146 valence electrons. The maximum absolute atomic E-state index is 11.0. The molecule has 0 N–H and O–H groups in total. The van der Waals surface area contributed by atoms with Crippen molar-refractivity contribution in [2.45, 2.75) is 18.4 Å². The fourth-order valence-corrected chi connectivity index (χ4v) is 4.18.